The van der Waals surface area contributed by atoms with Gasteiger partial charge in [-0.05, 0) is 44.4 Å². The van der Waals surface area contributed by atoms with E-state index in [1.165, 1.54) is 24.1 Å². The van der Waals surface area contributed by atoms with Crippen LogP contribution in [-0.4, -0.2) is 38.4 Å². The fraction of sp³-hybridized carbons (Fsp3) is 0.667. The summed E-state index contributed by atoms with van der Waals surface area (Å²) in [6.07, 6.45) is 3.53. The average molecular weight is 288 g/mol. The van der Waals surface area contributed by atoms with Crippen molar-refractivity contribution in [2.75, 3.05) is 31.2 Å². The standard InChI is InChI=1S/C18H28N2O/c1-3-9-19-17-8-10-21-13-16(17)12-20-14(2)11-15-6-4-5-7-18(15)20/h4-7,14,16-17,19H,3,8-13H2,1-2H3. The Hall–Kier alpha value is -1.06. The van der Waals surface area contributed by atoms with Crippen molar-refractivity contribution in [1.82, 2.24) is 5.32 Å². The summed E-state index contributed by atoms with van der Waals surface area (Å²) in [5.74, 6) is 0.596. The minimum absolute atomic E-state index is 0.596. The topological polar surface area (TPSA) is 24.5 Å². The van der Waals surface area contributed by atoms with Gasteiger partial charge in [0.15, 0.2) is 0 Å². The molecule has 0 aliphatic carbocycles. The molecule has 0 radical (unpaired) electrons. The van der Waals surface area contributed by atoms with Crippen LogP contribution < -0.4 is 10.2 Å². The van der Waals surface area contributed by atoms with Crippen LogP contribution in [0.15, 0.2) is 24.3 Å². The maximum absolute atomic E-state index is 5.76. The molecule has 2 aliphatic rings. The van der Waals surface area contributed by atoms with Gasteiger partial charge in [-0.3, -0.25) is 0 Å². The van der Waals surface area contributed by atoms with Crippen molar-refractivity contribution in [2.45, 2.75) is 45.2 Å². The highest BCUT2D eigenvalue weighted by Crippen LogP contribution is 2.33. The average Bonchev–Trinajstić information content (AvgIpc) is 2.82. The molecule has 1 aromatic rings. The summed E-state index contributed by atoms with van der Waals surface area (Å²) < 4.78 is 5.76. The van der Waals surface area contributed by atoms with E-state index >= 15 is 0 Å². The Labute approximate surface area is 128 Å². The van der Waals surface area contributed by atoms with Gasteiger partial charge in [-0.15, -0.1) is 0 Å². The van der Waals surface area contributed by atoms with E-state index in [2.05, 4.69) is 48.3 Å². The third-order valence-electron chi connectivity index (χ3n) is 4.91. The van der Waals surface area contributed by atoms with Crippen molar-refractivity contribution < 1.29 is 4.74 Å². The van der Waals surface area contributed by atoms with Crippen LogP contribution in [0.1, 0.15) is 32.3 Å². The van der Waals surface area contributed by atoms with E-state index < -0.39 is 0 Å². The van der Waals surface area contributed by atoms with E-state index in [-0.39, 0.29) is 0 Å². The lowest BCUT2D eigenvalue weighted by atomic mass is 9.94. The smallest absolute Gasteiger partial charge is 0.0526 e. The Morgan fingerprint density at radius 2 is 2.19 bits per heavy atom. The molecule has 0 aromatic heterocycles. The van der Waals surface area contributed by atoms with Crippen LogP contribution in [0.4, 0.5) is 5.69 Å². The molecule has 0 saturated carbocycles. The maximum Gasteiger partial charge on any atom is 0.0526 e. The van der Waals surface area contributed by atoms with Gasteiger partial charge in [0, 0.05) is 36.8 Å². The Morgan fingerprint density at radius 3 is 3.05 bits per heavy atom. The number of anilines is 1. The third-order valence-corrected chi connectivity index (χ3v) is 4.91. The van der Waals surface area contributed by atoms with E-state index in [0.29, 0.717) is 18.0 Å². The van der Waals surface area contributed by atoms with Gasteiger partial charge in [-0.1, -0.05) is 25.1 Å². The van der Waals surface area contributed by atoms with Crippen molar-refractivity contribution in [3.63, 3.8) is 0 Å². The van der Waals surface area contributed by atoms with Crippen molar-refractivity contribution in [3.05, 3.63) is 29.8 Å². The molecular weight excluding hydrogens is 260 g/mol. The summed E-state index contributed by atoms with van der Waals surface area (Å²) in [4.78, 5) is 2.59. The number of benzene rings is 1. The number of fused-ring (bicyclic) bond motifs is 1. The first kappa shape index (κ1) is 14.9. The molecule has 21 heavy (non-hydrogen) atoms. The first-order valence-electron chi connectivity index (χ1n) is 8.45. The zero-order valence-electron chi connectivity index (χ0n) is 13.3. The summed E-state index contributed by atoms with van der Waals surface area (Å²) in [5, 5.41) is 3.73. The molecule has 3 atom stereocenters. The Morgan fingerprint density at radius 1 is 1.33 bits per heavy atom. The lowest BCUT2D eigenvalue weighted by molar-refractivity contribution is 0.0344. The molecular formula is C18H28N2O. The van der Waals surface area contributed by atoms with E-state index in [9.17, 15) is 0 Å². The van der Waals surface area contributed by atoms with Crippen LogP contribution in [0.25, 0.3) is 0 Å². The van der Waals surface area contributed by atoms with Gasteiger partial charge in [0.25, 0.3) is 0 Å². The van der Waals surface area contributed by atoms with Crippen molar-refractivity contribution >= 4 is 5.69 Å². The Bertz CT molecular complexity index is 462. The highest BCUT2D eigenvalue weighted by Gasteiger charge is 2.32. The van der Waals surface area contributed by atoms with Gasteiger partial charge < -0.3 is 15.0 Å². The van der Waals surface area contributed by atoms with Crippen LogP contribution in [0.5, 0.6) is 0 Å². The Kier molecular flexibility index (Phi) is 4.81. The minimum Gasteiger partial charge on any atom is -0.381 e. The highest BCUT2D eigenvalue weighted by atomic mass is 16.5. The number of nitrogens with one attached hydrogen (secondary N) is 1. The van der Waals surface area contributed by atoms with Crippen molar-refractivity contribution in [3.8, 4) is 0 Å². The molecule has 3 rings (SSSR count). The molecule has 1 N–H and O–H groups in total. The highest BCUT2D eigenvalue weighted by molar-refractivity contribution is 5.59. The first-order chi connectivity index (χ1) is 10.3. The number of para-hydroxylation sites is 1. The van der Waals surface area contributed by atoms with Gasteiger partial charge in [0.1, 0.15) is 0 Å². The molecule has 1 aromatic carbocycles. The maximum atomic E-state index is 5.76. The third kappa shape index (κ3) is 3.24. The largest absolute Gasteiger partial charge is 0.381 e. The summed E-state index contributed by atoms with van der Waals surface area (Å²) in [7, 11) is 0. The van der Waals surface area contributed by atoms with Gasteiger partial charge >= 0.3 is 0 Å². The molecule has 0 spiro atoms. The van der Waals surface area contributed by atoms with E-state index in [4.69, 9.17) is 4.74 Å². The number of ether oxygens (including phenoxy) is 1. The van der Waals surface area contributed by atoms with Crippen LogP contribution in [0.2, 0.25) is 0 Å². The number of hydrogen-bond donors (Lipinski definition) is 1. The predicted molar refractivity (Wildman–Crippen MR) is 88.0 cm³/mol. The summed E-state index contributed by atoms with van der Waals surface area (Å²) in [6, 6.07) is 10.1. The second-order valence-electron chi connectivity index (χ2n) is 6.52. The van der Waals surface area contributed by atoms with Crippen LogP contribution >= 0.6 is 0 Å². The van der Waals surface area contributed by atoms with Crippen LogP contribution in [0, 0.1) is 5.92 Å². The normalized spacial score (nSPS) is 28.7. The quantitative estimate of drug-likeness (QED) is 0.901. The second kappa shape index (κ2) is 6.80. The first-order valence-corrected chi connectivity index (χ1v) is 8.45. The summed E-state index contributed by atoms with van der Waals surface area (Å²) >= 11 is 0. The molecule has 3 heteroatoms. The van der Waals surface area contributed by atoms with E-state index in [1.54, 1.807) is 0 Å². The molecule has 2 aliphatic heterocycles. The molecule has 0 amide bonds. The molecule has 1 fully saturated rings. The van der Waals surface area contributed by atoms with Crippen LogP contribution in [-0.2, 0) is 11.2 Å². The number of hydrogen-bond acceptors (Lipinski definition) is 3. The van der Waals surface area contributed by atoms with Crippen LogP contribution in [0.3, 0.4) is 0 Å². The predicted octanol–water partition coefficient (Wildman–Crippen LogP) is 2.84. The minimum atomic E-state index is 0.596. The van der Waals surface area contributed by atoms with Gasteiger partial charge in [0.2, 0.25) is 0 Å². The van der Waals surface area contributed by atoms with Gasteiger partial charge in [-0.25, -0.2) is 0 Å². The second-order valence-corrected chi connectivity index (χ2v) is 6.52. The van der Waals surface area contributed by atoms with Gasteiger partial charge in [-0.2, -0.15) is 0 Å². The molecule has 3 nitrogen and oxygen atoms in total. The monoisotopic (exact) mass is 288 g/mol. The summed E-state index contributed by atoms with van der Waals surface area (Å²) in [6.45, 7) is 8.61. The fourth-order valence-electron chi connectivity index (χ4n) is 3.74. The van der Waals surface area contributed by atoms with Gasteiger partial charge in [0.05, 0.1) is 6.61 Å². The van der Waals surface area contributed by atoms with E-state index in [0.717, 1.165) is 32.7 Å². The molecule has 2 heterocycles. The zero-order valence-corrected chi connectivity index (χ0v) is 13.3. The number of nitrogens with zero attached hydrogens (tertiary/aromatic N) is 1. The lowest BCUT2D eigenvalue weighted by Crippen LogP contribution is -2.49. The summed E-state index contributed by atoms with van der Waals surface area (Å²) in [5.41, 5.74) is 2.93. The van der Waals surface area contributed by atoms with E-state index in [1.807, 2.05) is 0 Å². The SMILES string of the molecule is CCCNC1CCOCC1CN1c2ccccc2CC1C. The fourth-order valence-corrected chi connectivity index (χ4v) is 3.74. The number of rotatable bonds is 5. The van der Waals surface area contributed by atoms with Crippen molar-refractivity contribution in [1.29, 1.82) is 0 Å². The van der Waals surface area contributed by atoms with Crippen molar-refractivity contribution in [2.24, 2.45) is 5.92 Å². The molecule has 3 unspecified atom stereocenters. The molecule has 116 valence electrons. The molecule has 1 saturated heterocycles. The lowest BCUT2D eigenvalue weighted by Gasteiger charge is -2.37. The molecule has 0 bridgehead atoms. The zero-order chi connectivity index (χ0) is 14.7. The Balaban J connectivity index is 1.69.